The molecule has 2 aromatic rings. The molecule has 1 aromatic heterocycles. The van der Waals surface area contributed by atoms with Gasteiger partial charge in [0.15, 0.2) is 0 Å². The molecule has 8 heteroatoms. The molecule has 0 saturated heterocycles. The average Bonchev–Trinajstić information content (AvgIpc) is 3.02. The number of aliphatic hydroxyl groups excluding tert-OH is 2. The van der Waals surface area contributed by atoms with Crippen molar-refractivity contribution in [2.75, 3.05) is 13.2 Å². The van der Waals surface area contributed by atoms with Gasteiger partial charge in [-0.3, -0.25) is 4.68 Å². The summed E-state index contributed by atoms with van der Waals surface area (Å²) in [6.45, 7) is 1.22. The molecule has 2 heterocycles. The third-order valence-corrected chi connectivity index (χ3v) is 3.95. The molecule has 128 valence electrons. The summed E-state index contributed by atoms with van der Waals surface area (Å²) >= 11 is 0. The molecule has 0 fully saturated rings. The molecule has 2 amide bonds. The van der Waals surface area contributed by atoms with E-state index in [4.69, 9.17) is 5.11 Å². The highest BCUT2D eigenvalue weighted by Crippen LogP contribution is 2.18. The Hall–Kier alpha value is -2.45. The lowest BCUT2D eigenvalue weighted by Gasteiger charge is -2.27. The summed E-state index contributed by atoms with van der Waals surface area (Å²) in [5.41, 5.74) is 1.89. The van der Waals surface area contributed by atoms with Crippen LogP contribution < -0.4 is 5.32 Å². The van der Waals surface area contributed by atoms with Gasteiger partial charge in [-0.15, -0.1) is 0 Å². The molecule has 3 rings (SSSR count). The first-order chi connectivity index (χ1) is 11.6. The van der Waals surface area contributed by atoms with Crippen molar-refractivity contribution in [1.82, 2.24) is 20.0 Å². The summed E-state index contributed by atoms with van der Waals surface area (Å²) in [4.78, 5) is 13.9. The van der Waals surface area contributed by atoms with Crippen LogP contribution in [0.5, 0.6) is 0 Å². The van der Waals surface area contributed by atoms with Crippen molar-refractivity contribution < 1.29 is 19.4 Å². The van der Waals surface area contributed by atoms with E-state index in [1.165, 1.54) is 12.1 Å². The summed E-state index contributed by atoms with van der Waals surface area (Å²) in [7, 11) is 0. The van der Waals surface area contributed by atoms with E-state index in [0.717, 1.165) is 5.69 Å². The molecule has 0 spiro atoms. The largest absolute Gasteiger partial charge is 0.393 e. The number of nitrogens with one attached hydrogen (secondary N) is 1. The molecule has 1 atom stereocenters. The number of halogens is 1. The molecular weight excluding hydrogens is 315 g/mol. The lowest BCUT2D eigenvalue weighted by atomic mass is 10.2. The van der Waals surface area contributed by atoms with E-state index in [9.17, 15) is 14.3 Å². The number of amides is 2. The van der Waals surface area contributed by atoms with E-state index in [1.54, 1.807) is 27.8 Å². The van der Waals surface area contributed by atoms with Crippen molar-refractivity contribution in [3.63, 3.8) is 0 Å². The fraction of sp³-hybridized carbons (Fsp3) is 0.375. The predicted octanol–water partition coefficient (Wildman–Crippen LogP) is 0.773. The highest BCUT2D eigenvalue weighted by atomic mass is 19.1. The Labute approximate surface area is 138 Å². The third-order valence-electron chi connectivity index (χ3n) is 3.95. The van der Waals surface area contributed by atoms with Crippen LogP contribution in [0.25, 0.3) is 0 Å². The van der Waals surface area contributed by atoms with Gasteiger partial charge >= 0.3 is 6.03 Å². The van der Waals surface area contributed by atoms with Gasteiger partial charge in [0, 0.05) is 13.1 Å². The number of urea groups is 1. The Bertz CT molecular complexity index is 734. The lowest BCUT2D eigenvalue weighted by molar-refractivity contribution is 0.0915. The topological polar surface area (TPSA) is 90.6 Å². The van der Waals surface area contributed by atoms with Gasteiger partial charge in [-0.2, -0.15) is 5.10 Å². The van der Waals surface area contributed by atoms with Crippen LogP contribution in [0.15, 0.2) is 30.3 Å². The molecule has 0 bridgehead atoms. The summed E-state index contributed by atoms with van der Waals surface area (Å²) in [5, 5.41) is 25.6. The molecule has 1 aliphatic rings. The second-order valence-electron chi connectivity index (χ2n) is 5.69. The van der Waals surface area contributed by atoms with Crippen LogP contribution in [-0.2, 0) is 19.6 Å². The molecule has 1 unspecified atom stereocenters. The molecule has 0 saturated carbocycles. The summed E-state index contributed by atoms with van der Waals surface area (Å²) in [5.74, 6) is -0.335. The number of aliphatic hydroxyl groups is 2. The number of nitrogens with zero attached hydrogens (tertiary/aromatic N) is 3. The van der Waals surface area contributed by atoms with Crippen LogP contribution >= 0.6 is 0 Å². The van der Waals surface area contributed by atoms with E-state index in [0.29, 0.717) is 30.9 Å². The van der Waals surface area contributed by atoms with Crippen molar-refractivity contribution in [3.05, 3.63) is 53.1 Å². The summed E-state index contributed by atoms with van der Waals surface area (Å²) < 4.78 is 14.9. The van der Waals surface area contributed by atoms with Crippen molar-refractivity contribution in [1.29, 1.82) is 0 Å². The van der Waals surface area contributed by atoms with E-state index in [2.05, 4.69) is 10.4 Å². The Kier molecular flexibility index (Phi) is 4.77. The molecule has 1 aromatic carbocycles. The predicted molar refractivity (Wildman–Crippen MR) is 83.3 cm³/mol. The van der Waals surface area contributed by atoms with Crippen molar-refractivity contribution >= 4 is 6.03 Å². The Morgan fingerprint density at radius 2 is 2.21 bits per heavy atom. The quantitative estimate of drug-likeness (QED) is 0.770. The number of hydrogen-bond donors (Lipinski definition) is 3. The maximum Gasteiger partial charge on any atom is 0.318 e. The summed E-state index contributed by atoms with van der Waals surface area (Å²) in [6.07, 6.45) is -1.02. The van der Waals surface area contributed by atoms with Gasteiger partial charge < -0.3 is 20.4 Å². The standard InChI is InChI=1S/C16H19FN4O3/c17-12-3-1-2-11(6-12)8-18-16(24)20-4-5-21-13(9-20)7-14(19-21)15(23)10-22/h1-3,6-7,15,22-23H,4-5,8-10H2,(H,18,24). The van der Waals surface area contributed by atoms with E-state index in [-0.39, 0.29) is 18.4 Å². The van der Waals surface area contributed by atoms with E-state index >= 15 is 0 Å². The van der Waals surface area contributed by atoms with Crippen molar-refractivity contribution in [3.8, 4) is 0 Å². The Morgan fingerprint density at radius 1 is 1.38 bits per heavy atom. The highest BCUT2D eigenvalue weighted by Gasteiger charge is 2.23. The maximum atomic E-state index is 13.1. The molecular formula is C16H19FN4O3. The molecule has 3 N–H and O–H groups in total. The molecule has 0 radical (unpaired) electrons. The average molecular weight is 334 g/mol. The smallest absolute Gasteiger partial charge is 0.318 e. The first-order valence-corrected chi connectivity index (χ1v) is 7.69. The van der Waals surface area contributed by atoms with Gasteiger partial charge in [0.2, 0.25) is 0 Å². The van der Waals surface area contributed by atoms with Crippen LogP contribution in [0.3, 0.4) is 0 Å². The van der Waals surface area contributed by atoms with E-state index in [1.807, 2.05) is 0 Å². The van der Waals surface area contributed by atoms with Gasteiger partial charge in [-0.1, -0.05) is 12.1 Å². The minimum atomic E-state index is -1.02. The fourth-order valence-corrected chi connectivity index (χ4v) is 2.65. The van der Waals surface area contributed by atoms with Crippen LogP contribution in [0.1, 0.15) is 23.1 Å². The number of carbonyl (C=O) groups is 1. The molecule has 1 aliphatic heterocycles. The normalized spacial score (nSPS) is 15.0. The van der Waals surface area contributed by atoms with Crippen molar-refractivity contribution in [2.45, 2.75) is 25.7 Å². The third kappa shape index (κ3) is 3.55. The number of carbonyl (C=O) groups excluding carboxylic acids is 1. The minimum Gasteiger partial charge on any atom is -0.393 e. The Balaban J connectivity index is 1.60. The number of hydrogen-bond acceptors (Lipinski definition) is 4. The highest BCUT2D eigenvalue weighted by molar-refractivity contribution is 5.74. The van der Waals surface area contributed by atoms with Crippen LogP contribution in [0.4, 0.5) is 9.18 Å². The molecule has 24 heavy (non-hydrogen) atoms. The zero-order valence-corrected chi connectivity index (χ0v) is 13.0. The fourth-order valence-electron chi connectivity index (χ4n) is 2.65. The van der Waals surface area contributed by atoms with Crippen LogP contribution in [0.2, 0.25) is 0 Å². The maximum absolute atomic E-state index is 13.1. The monoisotopic (exact) mass is 334 g/mol. The second-order valence-corrected chi connectivity index (χ2v) is 5.69. The molecule has 0 aliphatic carbocycles. The van der Waals surface area contributed by atoms with E-state index < -0.39 is 12.7 Å². The zero-order chi connectivity index (χ0) is 17.1. The van der Waals surface area contributed by atoms with Gasteiger partial charge in [-0.25, -0.2) is 9.18 Å². The summed E-state index contributed by atoms with van der Waals surface area (Å²) in [6, 6.07) is 7.54. The number of aromatic nitrogens is 2. The second kappa shape index (κ2) is 6.98. The SMILES string of the molecule is O=C(NCc1cccc(F)c1)N1CCn2nc(C(O)CO)cc2C1. The molecule has 7 nitrogen and oxygen atoms in total. The lowest BCUT2D eigenvalue weighted by Crippen LogP contribution is -2.43. The van der Waals surface area contributed by atoms with Gasteiger partial charge in [0.25, 0.3) is 0 Å². The van der Waals surface area contributed by atoms with Crippen LogP contribution in [-0.4, -0.2) is 44.1 Å². The number of rotatable bonds is 4. The number of fused-ring (bicyclic) bond motifs is 1. The van der Waals surface area contributed by atoms with Gasteiger partial charge in [0.05, 0.1) is 31.1 Å². The first-order valence-electron chi connectivity index (χ1n) is 7.69. The van der Waals surface area contributed by atoms with Gasteiger partial charge in [-0.05, 0) is 23.8 Å². The number of benzene rings is 1. The van der Waals surface area contributed by atoms with Crippen LogP contribution in [0, 0.1) is 5.82 Å². The van der Waals surface area contributed by atoms with Crippen molar-refractivity contribution in [2.24, 2.45) is 0 Å². The minimum absolute atomic E-state index is 0.240. The van der Waals surface area contributed by atoms with Gasteiger partial charge in [0.1, 0.15) is 11.9 Å². The first kappa shape index (κ1) is 16.4. The Morgan fingerprint density at radius 3 is 2.96 bits per heavy atom. The zero-order valence-electron chi connectivity index (χ0n) is 13.0.